The van der Waals surface area contributed by atoms with E-state index in [0.29, 0.717) is 13.1 Å². The molecule has 0 heterocycles. The summed E-state index contributed by atoms with van der Waals surface area (Å²) >= 11 is 5.59. The largest absolute Gasteiger partial charge is 0.759 e. The van der Waals surface area contributed by atoms with Crippen LogP contribution in [-0.2, 0) is 48.8 Å². The molecule has 0 aromatic carbocycles. The normalized spacial score (nSPS) is 14.0. The standard InChI is InChI=1S/2C2H7N2.H2O4S.2Pd/c2*3-1-2-4;1-5(2,3)4;;/h2*1H,2-4H2;(H2,1,2,3,4);;/q;;;2*+1/p-2. The Kier molecular flexibility index (Phi) is 18.6. The fourth-order valence-electron chi connectivity index (χ4n) is 0. The van der Waals surface area contributed by atoms with Crippen LogP contribution >= 0.6 is 0 Å². The molecule has 0 saturated carbocycles. The van der Waals surface area contributed by atoms with Gasteiger partial charge in [-0.15, -0.1) is 0 Å². The molecule has 0 rings (SSSR count). The molecular weight excluding hydrogens is 413 g/mol. The van der Waals surface area contributed by atoms with Gasteiger partial charge in [-0.2, -0.15) is 0 Å². The third kappa shape index (κ3) is 101. The third-order valence-electron chi connectivity index (χ3n) is 0.421. The minimum Gasteiger partial charge on any atom is -0.759 e. The van der Waals surface area contributed by atoms with Gasteiger partial charge in [0.1, 0.15) is 0 Å². The van der Waals surface area contributed by atoms with Gasteiger partial charge < -0.3 is 9.11 Å². The predicted octanol–water partition coefficient (Wildman–Crippen LogP) is -3.78. The number of rotatable bonds is 2. The fraction of sp³-hybridized carbons (Fsp3) is 1.00. The molecule has 2 atom stereocenters. The molecule has 2 unspecified atom stereocenters. The molecule has 100 valence electrons. The van der Waals surface area contributed by atoms with E-state index in [1.165, 1.54) is 0 Å². The Balaban J connectivity index is -0.000000144. The molecule has 0 spiro atoms. The maximum absolute atomic E-state index is 8.52. The van der Waals surface area contributed by atoms with Crippen LogP contribution in [0.15, 0.2) is 0 Å². The molecule has 8 N–H and O–H groups in total. The van der Waals surface area contributed by atoms with Gasteiger partial charge in [-0.3, -0.25) is 8.42 Å². The Hall–Kier alpha value is 1.03. The Morgan fingerprint density at radius 1 is 1.00 bits per heavy atom. The van der Waals surface area contributed by atoms with Crippen LogP contribution in [0.25, 0.3) is 0 Å². The minimum absolute atomic E-state index is 0.0120. The van der Waals surface area contributed by atoms with Crippen molar-refractivity contribution in [3.8, 4) is 0 Å². The fourth-order valence-corrected chi connectivity index (χ4v) is 0. The third-order valence-corrected chi connectivity index (χ3v) is 1.15. The quantitative estimate of drug-likeness (QED) is 0.197. The Bertz CT molecular complexity index is 195. The van der Waals surface area contributed by atoms with Gasteiger partial charge in [0.2, 0.25) is 0 Å². The van der Waals surface area contributed by atoms with Crippen LogP contribution in [-0.4, -0.2) is 39.6 Å². The van der Waals surface area contributed by atoms with Gasteiger partial charge in [-0.25, -0.2) is 0 Å². The molecule has 0 aromatic heterocycles. The summed E-state index contributed by atoms with van der Waals surface area (Å²) in [6.45, 7) is 1.03. The molecule has 0 aromatic rings. The second-order valence-corrected chi connectivity index (χ2v) is 4.94. The average Bonchev–Trinajstić information content (AvgIpc) is 2.02. The van der Waals surface area contributed by atoms with E-state index in [0.717, 1.165) is 0 Å². The molecular formula is C4H14N4O4Pd2S. The van der Waals surface area contributed by atoms with E-state index in [1.807, 2.05) is 0 Å². The zero-order chi connectivity index (χ0) is 13.1. The first-order valence-corrected chi connectivity index (χ1v) is 6.46. The summed E-state index contributed by atoms with van der Waals surface area (Å²) in [5, 5.41) is 0. The van der Waals surface area contributed by atoms with Gasteiger partial charge in [-0.1, -0.05) is 0 Å². The van der Waals surface area contributed by atoms with Crippen molar-refractivity contribution in [3.05, 3.63) is 0 Å². The van der Waals surface area contributed by atoms with Crippen molar-refractivity contribution in [3.63, 3.8) is 0 Å². The SMILES string of the molecule is NC[CH](N)[Pd+].NC[CH](N)[Pd+].O=S(=O)([O-])[O-]. The zero-order valence-corrected chi connectivity index (χ0v) is 11.5. The Morgan fingerprint density at radius 2 is 1.07 bits per heavy atom. The summed E-state index contributed by atoms with van der Waals surface area (Å²) in [5.74, 6) is 0. The van der Waals surface area contributed by atoms with Gasteiger partial charge >= 0.3 is 83.5 Å². The number of hydrogen-bond acceptors (Lipinski definition) is 8. The monoisotopic (exact) mass is 426 g/mol. The van der Waals surface area contributed by atoms with Gasteiger partial charge in [0.25, 0.3) is 0 Å². The Morgan fingerprint density at radius 3 is 1.07 bits per heavy atom. The van der Waals surface area contributed by atoms with Crippen molar-refractivity contribution in [2.75, 3.05) is 13.1 Å². The van der Waals surface area contributed by atoms with Crippen LogP contribution in [0, 0.1) is 0 Å². The smallest absolute Gasteiger partial charge is 0.0311 e. The van der Waals surface area contributed by atoms with Crippen molar-refractivity contribution in [1.82, 2.24) is 0 Å². The summed E-state index contributed by atoms with van der Waals surface area (Å²) in [6.07, 6.45) is 0. The average molecular weight is 427 g/mol. The van der Waals surface area contributed by atoms with E-state index in [4.69, 9.17) is 40.5 Å². The van der Waals surface area contributed by atoms with Gasteiger partial charge in [-0.05, 0) is 0 Å². The van der Waals surface area contributed by atoms with Crippen molar-refractivity contribution >= 4 is 10.4 Å². The first kappa shape index (κ1) is 21.3. The first-order chi connectivity index (χ1) is 6.54. The summed E-state index contributed by atoms with van der Waals surface area (Å²) in [4.78, 5) is 0. The topological polar surface area (TPSA) is 184 Å². The molecule has 0 saturated heterocycles. The minimum atomic E-state index is -5.17. The van der Waals surface area contributed by atoms with Crippen LogP contribution < -0.4 is 22.9 Å². The van der Waals surface area contributed by atoms with E-state index in [-0.39, 0.29) is 9.03 Å². The molecule has 0 radical (unpaired) electrons. The maximum atomic E-state index is 8.52. The summed E-state index contributed by atoms with van der Waals surface area (Å²) < 4.78 is 34.1. The van der Waals surface area contributed by atoms with Crippen LogP contribution in [0.1, 0.15) is 0 Å². The van der Waals surface area contributed by atoms with E-state index < -0.39 is 10.4 Å². The van der Waals surface area contributed by atoms with Gasteiger partial charge in [0, 0.05) is 10.4 Å². The number of nitrogens with two attached hydrogens (primary N) is 4. The second-order valence-electron chi connectivity index (χ2n) is 1.82. The van der Waals surface area contributed by atoms with E-state index in [2.05, 4.69) is 38.4 Å². The van der Waals surface area contributed by atoms with Crippen LogP contribution in [0.4, 0.5) is 0 Å². The molecule has 0 aliphatic heterocycles. The van der Waals surface area contributed by atoms with E-state index in [9.17, 15) is 0 Å². The van der Waals surface area contributed by atoms with Crippen molar-refractivity contribution < 1.29 is 55.9 Å². The molecule has 11 heteroatoms. The molecule has 0 bridgehead atoms. The molecule has 0 amide bonds. The summed E-state index contributed by atoms with van der Waals surface area (Å²) in [6, 6.07) is 0. The number of hydrogen-bond donors (Lipinski definition) is 4. The molecule has 0 aliphatic carbocycles. The van der Waals surface area contributed by atoms with Gasteiger partial charge in [0.05, 0.1) is 0 Å². The zero-order valence-electron chi connectivity index (χ0n) is 7.55. The summed E-state index contributed by atoms with van der Waals surface area (Å²) in [7, 11) is -5.17. The summed E-state index contributed by atoms with van der Waals surface area (Å²) in [5.41, 5.74) is 20.2. The predicted molar refractivity (Wildman–Crippen MR) is 44.5 cm³/mol. The van der Waals surface area contributed by atoms with E-state index in [1.54, 1.807) is 0 Å². The van der Waals surface area contributed by atoms with Crippen LogP contribution in [0.5, 0.6) is 0 Å². The van der Waals surface area contributed by atoms with Gasteiger partial charge in [0.15, 0.2) is 0 Å². The van der Waals surface area contributed by atoms with Crippen LogP contribution in [0.3, 0.4) is 0 Å². The van der Waals surface area contributed by atoms with Crippen LogP contribution in [0.2, 0.25) is 0 Å². The van der Waals surface area contributed by atoms with E-state index >= 15 is 0 Å². The second kappa shape index (κ2) is 13.1. The maximum Gasteiger partial charge on any atom is 0.0311 e. The molecule has 15 heavy (non-hydrogen) atoms. The van der Waals surface area contributed by atoms with Crippen molar-refractivity contribution in [1.29, 1.82) is 0 Å². The molecule has 8 nitrogen and oxygen atoms in total. The van der Waals surface area contributed by atoms with Crippen molar-refractivity contribution in [2.45, 2.75) is 9.03 Å². The van der Waals surface area contributed by atoms with Crippen molar-refractivity contribution in [2.24, 2.45) is 22.9 Å². The molecule has 0 fully saturated rings. The Labute approximate surface area is 111 Å². The first-order valence-electron chi connectivity index (χ1n) is 3.33. The molecule has 0 aliphatic rings.